The van der Waals surface area contributed by atoms with Gasteiger partial charge >= 0.3 is 0 Å². The molecule has 6 nitrogen and oxygen atoms in total. The highest BCUT2D eigenvalue weighted by Gasteiger charge is 2.29. The summed E-state index contributed by atoms with van der Waals surface area (Å²) in [6.45, 7) is 20.7. The van der Waals surface area contributed by atoms with Gasteiger partial charge < -0.3 is 10.2 Å². The summed E-state index contributed by atoms with van der Waals surface area (Å²) in [5, 5.41) is 7.77. The van der Waals surface area contributed by atoms with Gasteiger partial charge in [-0.05, 0) is 47.5 Å². The molecule has 0 spiro atoms. The smallest absolute Gasteiger partial charge is 0.245 e. The molecular formula is C24H44N4O2. The molecule has 6 heteroatoms. The molecule has 1 aromatic rings. The van der Waals surface area contributed by atoms with Crippen LogP contribution in [0.15, 0.2) is 6.07 Å². The maximum atomic E-state index is 13.1. The second-order valence-electron chi connectivity index (χ2n) is 10.6. The summed E-state index contributed by atoms with van der Waals surface area (Å²) in [5.41, 5.74) is 0.534. The Labute approximate surface area is 183 Å². The van der Waals surface area contributed by atoms with Crippen molar-refractivity contribution in [3.8, 4) is 0 Å². The Hall–Kier alpha value is -1.85. The van der Waals surface area contributed by atoms with Gasteiger partial charge in [-0.15, -0.1) is 0 Å². The second-order valence-corrected chi connectivity index (χ2v) is 10.6. The number of nitrogens with one attached hydrogen (secondary N) is 1. The predicted molar refractivity (Wildman–Crippen MR) is 125 cm³/mol. The summed E-state index contributed by atoms with van der Waals surface area (Å²) in [6, 6.07) is 1.91. The van der Waals surface area contributed by atoms with Crippen LogP contribution >= 0.6 is 0 Å². The van der Waals surface area contributed by atoms with Crippen LogP contribution in [0.4, 0.5) is 5.82 Å². The summed E-state index contributed by atoms with van der Waals surface area (Å²) < 4.78 is 1.86. The highest BCUT2D eigenvalue weighted by atomic mass is 16.2. The minimum absolute atomic E-state index is 0.0206. The molecular weight excluding hydrogens is 376 g/mol. The van der Waals surface area contributed by atoms with E-state index in [0.717, 1.165) is 31.4 Å². The van der Waals surface area contributed by atoms with Crippen molar-refractivity contribution in [2.75, 3.05) is 11.9 Å². The second kappa shape index (κ2) is 10.5. The first-order valence-electron chi connectivity index (χ1n) is 11.4. The Kier molecular flexibility index (Phi) is 9.12. The van der Waals surface area contributed by atoms with Gasteiger partial charge in [-0.25, -0.2) is 4.68 Å². The number of carbonyl (C=O) groups excluding carboxylic acids is 2. The van der Waals surface area contributed by atoms with E-state index in [0.29, 0.717) is 5.82 Å². The van der Waals surface area contributed by atoms with Crippen molar-refractivity contribution < 1.29 is 9.59 Å². The fraction of sp³-hybridized carbons (Fsp3) is 0.792. The number of amides is 2. The summed E-state index contributed by atoms with van der Waals surface area (Å²) >= 11 is 0. The van der Waals surface area contributed by atoms with Gasteiger partial charge in [0.15, 0.2) is 0 Å². The van der Waals surface area contributed by atoms with Crippen LogP contribution in [0.3, 0.4) is 0 Å². The summed E-state index contributed by atoms with van der Waals surface area (Å²) in [4.78, 5) is 27.8. The third-order valence-electron chi connectivity index (χ3n) is 5.35. The first-order chi connectivity index (χ1) is 13.7. The first-order valence-corrected chi connectivity index (χ1v) is 11.4. The van der Waals surface area contributed by atoms with Gasteiger partial charge in [0.25, 0.3) is 0 Å². The van der Waals surface area contributed by atoms with E-state index in [1.165, 1.54) is 0 Å². The lowest BCUT2D eigenvalue weighted by molar-refractivity contribution is -0.140. The van der Waals surface area contributed by atoms with Crippen LogP contribution in [0.5, 0.6) is 0 Å². The van der Waals surface area contributed by atoms with Crippen molar-refractivity contribution in [2.24, 2.45) is 5.92 Å². The van der Waals surface area contributed by atoms with E-state index in [1.807, 2.05) is 31.5 Å². The summed E-state index contributed by atoms with van der Waals surface area (Å²) in [5.74, 6) is 0.545. The van der Waals surface area contributed by atoms with Crippen molar-refractivity contribution in [3.05, 3.63) is 11.8 Å². The first kappa shape index (κ1) is 26.2. The maximum absolute atomic E-state index is 13.1. The molecule has 1 aromatic heterocycles. The number of aromatic nitrogens is 2. The molecule has 0 fully saturated rings. The van der Waals surface area contributed by atoms with E-state index in [2.05, 4.69) is 53.8 Å². The average Bonchev–Trinajstić information content (AvgIpc) is 3.04. The number of hydrogen-bond acceptors (Lipinski definition) is 3. The van der Waals surface area contributed by atoms with Crippen molar-refractivity contribution in [1.82, 2.24) is 14.7 Å². The molecule has 172 valence electrons. The van der Waals surface area contributed by atoms with E-state index in [1.54, 1.807) is 4.90 Å². The zero-order chi connectivity index (χ0) is 23.3. The monoisotopic (exact) mass is 420 g/mol. The third-order valence-corrected chi connectivity index (χ3v) is 5.35. The van der Waals surface area contributed by atoms with Gasteiger partial charge in [0.1, 0.15) is 12.4 Å². The lowest BCUT2D eigenvalue weighted by Crippen LogP contribution is -2.45. The van der Waals surface area contributed by atoms with Crippen LogP contribution in [0.25, 0.3) is 0 Å². The number of unbranched alkanes of at least 4 members (excludes halogenated alkanes) is 1. The zero-order valence-electron chi connectivity index (χ0n) is 20.9. The Balaban J connectivity index is 3.05. The van der Waals surface area contributed by atoms with E-state index >= 15 is 0 Å². The van der Waals surface area contributed by atoms with Gasteiger partial charge in [-0.1, -0.05) is 47.5 Å². The van der Waals surface area contributed by atoms with E-state index < -0.39 is 0 Å². The minimum atomic E-state index is -0.271. The van der Waals surface area contributed by atoms with Crippen LogP contribution < -0.4 is 5.32 Å². The molecule has 1 N–H and O–H groups in total. The highest BCUT2D eigenvalue weighted by Crippen LogP contribution is 2.28. The molecule has 0 bridgehead atoms. The number of nitrogens with zero attached hydrogens (tertiary/aromatic N) is 3. The number of carbonyl (C=O) groups is 2. The standard InChI is InChI=1S/C24H44N4O2/c1-11-13-14-18(12-2)22(30)27(17(3)4)16-21(29)25-20-15-19(23(5,6)7)26-28(20)24(8,9)10/h15,17-18H,11-14,16H2,1-10H3,(H,25,29)/t18-/m0/s1. The number of rotatable bonds is 9. The molecule has 1 rings (SSSR count). The largest absolute Gasteiger partial charge is 0.331 e. The fourth-order valence-corrected chi connectivity index (χ4v) is 3.39. The molecule has 30 heavy (non-hydrogen) atoms. The van der Waals surface area contributed by atoms with Gasteiger partial charge in [-0.3, -0.25) is 9.59 Å². The average molecular weight is 421 g/mol. The Bertz CT molecular complexity index is 708. The normalized spacial score (nSPS) is 13.4. The molecule has 1 atom stereocenters. The zero-order valence-corrected chi connectivity index (χ0v) is 20.9. The third kappa shape index (κ3) is 7.13. The lowest BCUT2D eigenvalue weighted by Gasteiger charge is -2.30. The molecule has 0 aliphatic rings. The Morgan fingerprint density at radius 2 is 1.73 bits per heavy atom. The molecule has 0 unspecified atom stereocenters. The van der Waals surface area contributed by atoms with Crippen LogP contribution in [0.1, 0.15) is 101 Å². The topological polar surface area (TPSA) is 67.2 Å². The minimum Gasteiger partial charge on any atom is -0.331 e. The molecule has 2 amide bonds. The Morgan fingerprint density at radius 3 is 2.17 bits per heavy atom. The fourth-order valence-electron chi connectivity index (χ4n) is 3.39. The van der Waals surface area contributed by atoms with Crippen molar-refractivity contribution in [3.63, 3.8) is 0 Å². The molecule has 0 aliphatic heterocycles. The molecule has 0 aliphatic carbocycles. The van der Waals surface area contributed by atoms with E-state index in [-0.39, 0.29) is 41.3 Å². The van der Waals surface area contributed by atoms with Crippen molar-refractivity contribution in [1.29, 1.82) is 0 Å². The lowest BCUT2D eigenvalue weighted by atomic mass is 9.92. The van der Waals surface area contributed by atoms with E-state index in [9.17, 15) is 9.59 Å². The van der Waals surface area contributed by atoms with E-state index in [4.69, 9.17) is 5.10 Å². The number of hydrogen-bond donors (Lipinski definition) is 1. The van der Waals surface area contributed by atoms with Crippen LogP contribution in [0, 0.1) is 5.92 Å². The Morgan fingerprint density at radius 1 is 1.13 bits per heavy atom. The predicted octanol–water partition coefficient (Wildman–Crippen LogP) is 5.33. The van der Waals surface area contributed by atoms with Gasteiger partial charge in [0.05, 0.1) is 11.2 Å². The maximum Gasteiger partial charge on any atom is 0.245 e. The summed E-state index contributed by atoms with van der Waals surface area (Å²) in [6.07, 6.45) is 3.78. The molecule has 0 aromatic carbocycles. The molecule has 0 radical (unpaired) electrons. The SMILES string of the molecule is CCCC[C@H](CC)C(=O)N(CC(=O)Nc1cc(C(C)(C)C)nn1C(C)(C)C)C(C)C. The molecule has 0 saturated heterocycles. The van der Waals surface area contributed by atoms with Crippen LogP contribution in [-0.4, -0.2) is 39.1 Å². The number of anilines is 1. The van der Waals surface area contributed by atoms with Crippen molar-refractivity contribution >= 4 is 17.6 Å². The molecule has 1 heterocycles. The van der Waals surface area contributed by atoms with Gasteiger partial charge in [0.2, 0.25) is 11.8 Å². The van der Waals surface area contributed by atoms with Gasteiger partial charge in [-0.2, -0.15) is 5.10 Å². The quantitative estimate of drug-likeness (QED) is 0.587. The van der Waals surface area contributed by atoms with Gasteiger partial charge in [0, 0.05) is 23.4 Å². The van der Waals surface area contributed by atoms with Crippen LogP contribution in [-0.2, 0) is 20.5 Å². The molecule has 0 saturated carbocycles. The summed E-state index contributed by atoms with van der Waals surface area (Å²) in [7, 11) is 0. The highest BCUT2D eigenvalue weighted by molar-refractivity contribution is 5.94. The van der Waals surface area contributed by atoms with Crippen molar-refractivity contribution in [2.45, 2.75) is 112 Å². The van der Waals surface area contributed by atoms with Crippen LogP contribution in [0.2, 0.25) is 0 Å².